The quantitative estimate of drug-likeness (QED) is 0.549. The summed E-state index contributed by atoms with van der Waals surface area (Å²) in [5.74, 6) is -0.704. The van der Waals surface area contributed by atoms with Crippen LogP contribution in [0.3, 0.4) is 0 Å². The maximum absolute atomic E-state index is 12.7. The summed E-state index contributed by atoms with van der Waals surface area (Å²) >= 11 is 0. The molecule has 4 rings (SSSR count). The Hall–Kier alpha value is -3.47. The third kappa shape index (κ3) is 5.30. The van der Waals surface area contributed by atoms with E-state index in [2.05, 4.69) is 10.6 Å². The summed E-state index contributed by atoms with van der Waals surface area (Å²) in [6.07, 6.45) is 1.39. The second kappa shape index (κ2) is 9.99. The van der Waals surface area contributed by atoms with Gasteiger partial charge in [0.05, 0.1) is 35.6 Å². The van der Waals surface area contributed by atoms with Crippen LogP contribution in [-0.4, -0.2) is 50.8 Å². The minimum atomic E-state index is -3.57. The number of amides is 2. The Morgan fingerprint density at radius 1 is 0.909 bits per heavy atom. The largest absolute Gasteiger partial charge is 0.459 e. The molecule has 2 heterocycles. The Bertz CT molecular complexity index is 1220. The molecule has 0 aliphatic carbocycles. The molecule has 2 aromatic carbocycles. The molecule has 0 saturated carbocycles. The second-order valence-electron chi connectivity index (χ2n) is 7.32. The predicted molar refractivity (Wildman–Crippen MR) is 120 cm³/mol. The predicted octanol–water partition coefficient (Wildman–Crippen LogP) is 2.48. The molecule has 33 heavy (non-hydrogen) atoms. The van der Waals surface area contributed by atoms with Gasteiger partial charge in [-0.2, -0.15) is 4.31 Å². The Balaban J connectivity index is 1.40. The number of benzene rings is 2. The number of para-hydroxylation sites is 1. The van der Waals surface area contributed by atoms with Crippen molar-refractivity contribution in [3.05, 3.63) is 83.8 Å². The van der Waals surface area contributed by atoms with E-state index in [0.29, 0.717) is 37.6 Å². The first-order valence-corrected chi connectivity index (χ1v) is 11.8. The van der Waals surface area contributed by atoms with Crippen LogP contribution in [0, 0.1) is 0 Å². The van der Waals surface area contributed by atoms with Gasteiger partial charge in [0.2, 0.25) is 10.0 Å². The van der Waals surface area contributed by atoms with Crippen LogP contribution >= 0.6 is 0 Å². The number of sulfonamides is 1. The molecule has 0 spiro atoms. The van der Waals surface area contributed by atoms with Crippen LogP contribution in [0.1, 0.15) is 26.5 Å². The number of carbonyl (C=O) groups is 2. The number of rotatable bonds is 7. The highest BCUT2D eigenvalue weighted by Crippen LogP contribution is 2.19. The monoisotopic (exact) mass is 469 g/mol. The van der Waals surface area contributed by atoms with Gasteiger partial charge in [0.1, 0.15) is 0 Å². The highest BCUT2D eigenvalue weighted by Gasteiger charge is 2.26. The van der Waals surface area contributed by atoms with Crippen LogP contribution in [-0.2, 0) is 21.3 Å². The van der Waals surface area contributed by atoms with Gasteiger partial charge in [-0.15, -0.1) is 0 Å². The smallest absolute Gasteiger partial charge is 0.291 e. The van der Waals surface area contributed by atoms with Crippen molar-refractivity contribution in [1.82, 2.24) is 9.62 Å². The maximum Gasteiger partial charge on any atom is 0.291 e. The van der Waals surface area contributed by atoms with E-state index in [9.17, 15) is 18.0 Å². The molecular formula is C23H23N3O6S. The lowest BCUT2D eigenvalue weighted by Gasteiger charge is -2.26. The van der Waals surface area contributed by atoms with E-state index >= 15 is 0 Å². The molecule has 0 atom stereocenters. The fraction of sp³-hybridized carbons (Fsp3) is 0.217. The average molecular weight is 470 g/mol. The van der Waals surface area contributed by atoms with Crippen molar-refractivity contribution in [2.45, 2.75) is 11.4 Å². The fourth-order valence-corrected chi connectivity index (χ4v) is 4.78. The van der Waals surface area contributed by atoms with Gasteiger partial charge in [-0.3, -0.25) is 9.59 Å². The highest BCUT2D eigenvalue weighted by molar-refractivity contribution is 7.89. The van der Waals surface area contributed by atoms with Gasteiger partial charge in [0, 0.05) is 19.6 Å². The van der Waals surface area contributed by atoms with E-state index < -0.39 is 15.9 Å². The molecular weight excluding hydrogens is 446 g/mol. The summed E-state index contributed by atoms with van der Waals surface area (Å²) in [6, 6.07) is 16.2. The topological polar surface area (TPSA) is 118 Å². The Labute approximate surface area is 191 Å². The highest BCUT2D eigenvalue weighted by atomic mass is 32.2. The summed E-state index contributed by atoms with van der Waals surface area (Å²) in [4.78, 5) is 25.2. The number of morpholine rings is 1. The van der Waals surface area contributed by atoms with Crippen LogP contribution in [0.4, 0.5) is 5.69 Å². The third-order valence-electron chi connectivity index (χ3n) is 5.15. The number of hydrogen-bond donors (Lipinski definition) is 2. The summed E-state index contributed by atoms with van der Waals surface area (Å²) in [5.41, 5.74) is 1.38. The molecule has 0 bridgehead atoms. The minimum absolute atomic E-state index is 0.136. The zero-order chi connectivity index (χ0) is 23.3. The van der Waals surface area contributed by atoms with Gasteiger partial charge < -0.3 is 19.8 Å². The molecule has 1 fully saturated rings. The van der Waals surface area contributed by atoms with E-state index in [0.717, 1.165) is 5.56 Å². The normalized spacial score (nSPS) is 14.5. The molecule has 0 unspecified atom stereocenters. The number of hydrogen-bond acceptors (Lipinski definition) is 6. The van der Waals surface area contributed by atoms with Gasteiger partial charge in [-0.05, 0) is 42.0 Å². The lowest BCUT2D eigenvalue weighted by molar-refractivity contribution is 0.0730. The summed E-state index contributed by atoms with van der Waals surface area (Å²) in [7, 11) is -3.57. The molecule has 2 amide bonds. The van der Waals surface area contributed by atoms with Gasteiger partial charge in [-0.1, -0.05) is 24.3 Å². The first kappa shape index (κ1) is 22.7. The first-order chi connectivity index (χ1) is 15.9. The fourth-order valence-electron chi connectivity index (χ4n) is 3.37. The van der Waals surface area contributed by atoms with Gasteiger partial charge in [0.15, 0.2) is 5.76 Å². The zero-order valence-corrected chi connectivity index (χ0v) is 18.5. The Morgan fingerprint density at radius 2 is 1.64 bits per heavy atom. The van der Waals surface area contributed by atoms with E-state index in [1.807, 2.05) is 0 Å². The maximum atomic E-state index is 12.7. The van der Waals surface area contributed by atoms with E-state index in [1.54, 1.807) is 42.5 Å². The minimum Gasteiger partial charge on any atom is -0.459 e. The molecule has 1 aliphatic heterocycles. The van der Waals surface area contributed by atoms with Crippen molar-refractivity contribution in [3.8, 4) is 0 Å². The number of anilines is 1. The van der Waals surface area contributed by atoms with Crippen LogP contribution in [0.15, 0.2) is 76.2 Å². The molecule has 1 aromatic heterocycles. The number of ether oxygens (including phenoxy) is 1. The van der Waals surface area contributed by atoms with Crippen molar-refractivity contribution in [1.29, 1.82) is 0 Å². The molecule has 1 aliphatic rings. The van der Waals surface area contributed by atoms with Gasteiger partial charge >= 0.3 is 0 Å². The molecule has 1 saturated heterocycles. The van der Waals surface area contributed by atoms with Crippen molar-refractivity contribution in [3.63, 3.8) is 0 Å². The molecule has 0 radical (unpaired) electrons. The molecule has 10 heteroatoms. The van der Waals surface area contributed by atoms with Crippen molar-refractivity contribution >= 4 is 27.5 Å². The Kier molecular flexibility index (Phi) is 6.87. The SMILES string of the molecule is O=C(Nc1ccccc1C(=O)NCc1ccc(S(=O)(=O)N2CCOCC2)cc1)c1ccco1. The number of carbonyl (C=O) groups excluding carboxylic acids is 2. The summed E-state index contributed by atoms with van der Waals surface area (Å²) in [6.45, 7) is 1.61. The zero-order valence-electron chi connectivity index (χ0n) is 17.7. The summed E-state index contributed by atoms with van der Waals surface area (Å²) < 4.78 is 37.1. The van der Waals surface area contributed by atoms with E-state index in [-0.39, 0.29) is 23.1 Å². The number of furan rings is 1. The first-order valence-electron chi connectivity index (χ1n) is 10.3. The average Bonchev–Trinajstić information content (AvgIpc) is 3.39. The standard InChI is InChI=1S/C23H23N3O6S/c27-22(19-4-1-2-5-20(19)25-23(28)21-6-3-13-32-21)24-16-17-7-9-18(10-8-17)33(29,30)26-11-14-31-15-12-26/h1-10,13H,11-12,14-16H2,(H,24,27)(H,25,28). The lowest BCUT2D eigenvalue weighted by Crippen LogP contribution is -2.40. The number of nitrogens with one attached hydrogen (secondary N) is 2. The molecule has 2 N–H and O–H groups in total. The van der Waals surface area contributed by atoms with Crippen LogP contribution in [0.2, 0.25) is 0 Å². The van der Waals surface area contributed by atoms with Crippen LogP contribution in [0.25, 0.3) is 0 Å². The van der Waals surface area contributed by atoms with Crippen molar-refractivity contribution < 1.29 is 27.2 Å². The number of nitrogens with zero attached hydrogens (tertiary/aromatic N) is 1. The molecule has 3 aromatic rings. The van der Waals surface area contributed by atoms with E-state index in [4.69, 9.17) is 9.15 Å². The van der Waals surface area contributed by atoms with Crippen LogP contribution < -0.4 is 10.6 Å². The van der Waals surface area contributed by atoms with E-state index in [1.165, 1.54) is 28.8 Å². The van der Waals surface area contributed by atoms with Crippen LogP contribution in [0.5, 0.6) is 0 Å². The lowest BCUT2D eigenvalue weighted by atomic mass is 10.1. The van der Waals surface area contributed by atoms with Gasteiger partial charge in [0.25, 0.3) is 11.8 Å². The van der Waals surface area contributed by atoms with Crippen molar-refractivity contribution in [2.24, 2.45) is 0 Å². The third-order valence-corrected chi connectivity index (χ3v) is 7.06. The van der Waals surface area contributed by atoms with Gasteiger partial charge in [-0.25, -0.2) is 8.42 Å². The van der Waals surface area contributed by atoms with Crippen molar-refractivity contribution in [2.75, 3.05) is 31.6 Å². The molecule has 9 nitrogen and oxygen atoms in total. The summed E-state index contributed by atoms with van der Waals surface area (Å²) in [5, 5.41) is 5.47. The Morgan fingerprint density at radius 3 is 2.33 bits per heavy atom. The molecule has 172 valence electrons. The second-order valence-corrected chi connectivity index (χ2v) is 9.26.